The number of hydrogen-bond donors (Lipinski definition) is 0. The molecule has 1 amide bonds. The molecule has 1 aliphatic heterocycles. The van der Waals surface area contributed by atoms with Crippen molar-refractivity contribution in [3.8, 4) is 5.75 Å². The van der Waals surface area contributed by atoms with Crippen molar-refractivity contribution in [1.29, 1.82) is 0 Å². The van der Waals surface area contributed by atoms with Crippen LogP contribution < -0.4 is 9.64 Å². The first kappa shape index (κ1) is 21.8. The van der Waals surface area contributed by atoms with Crippen LogP contribution in [0.25, 0.3) is 10.4 Å². The minimum atomic E-state index is -2.46. The summed E-state index contributed by atoms with van der Waals surface area (Å²) >= 11 is 0. The van der Waals surface area contributed by atoms with E-state index in [1.54, 1.807) is 0 Å². The van der Waals surface area contributed by atoms with Crippen molar-refractivity contribution >= 4 is 17.7 Å². The van der Waals surface area contributed by atoms with Crippen molar-refractivity contribution < 1.29 is 45.4 Å². The molecule has 8 nitrogen and oxygen atoms in total. The van der Waals surface area contributed by atoms with Crippen molar-refractivity contribution in [2.45, 2.75) is 6.10 Å². The lowest BCUT2D eigenvalue weighted by Gasteiger charge is -2.14. The summed E-state index contributed by atoms with van der Waals surface area (Å²) in [6.07, 6.45) is -1.69. The Morgan fingerprint density at radius 1 is 1.13 bits per heavy atom. The molecule has 0 N–H and O–H groups in total. The van der Waals surface area contributed by atoms with Gasteiger partial charge < -0.3 is 9.47 Å². The number of azide groups is 1. The monoisotopic (exact) mass is 446 g/mol. The zero-order chi connectivity index (χ0) is 22.9. The SMILES string of the molecule is [N-]=[N+]=NC[C@@H]1CN(c2ccc(C(=O)Oc3c(F)c(F)c(F)c(F)c3F)c(F)c2)C(=O)O1. The molecule has 1 heterocycles. The number of amides is 1. The van der Waals surface area contributed by atoms with E-state index in [9.17, 15) is 35.9 Å². The molecule has 162 valence electrons. The Balaban J connectivity index is 1.84. The molecule has 1 aliphatic rings. The maximum Gasteiger partial charge on any atom is 0.414 e. The van der Waals surface area contributed by atoms with Crippen LogP contribution in [0.15, 0.2) is 23.3 Å². The first-order valence-electron chi connectivity index (χ1n) is 8.17. The van der Waals surface area contributed by atoms with Crippen LogP contribution in [0.4, 0.5) is 36.8 Å². The van der Waals surface area contributed by atoms with E-state index in [2.05, 4.69) is 14.8 Å². The largest absolute Gasteiger partial charge is 0.444 e. The lowest BCUT2D eigenvalue weighted by atomic mass is 10.1. The third kappa shape index (κ3) is 4.05. The minimum absolute atomic E-state index is 0.0845. The van der Waals surface area contributed by atoms with E-state index in [4.69, 9.17) is 10.3 Å². The molecule has 0 bridgehead atoms. The van der Waals surface area contributed by atoms with Gasteiger partial charge in [0.25, 0.3) is 0 Å². The molecule has 1 atom stereocenters. The first-order valence-corrected chi connectivity index (χ1v) is 8.17. The fraction of sp³-hybridized carbons (Fsp3) is 0.176. The number of carbonyl (C=O) groups is 2. The molecule has 2 aromatic rings. The van der Waals surface area contributed by atoms with E-state index in [1.807, 2.05) is 0 Å². The van der Waals surface area contributed by atoms with Crippen molar-refractivity contribution in [3.63, 3.8) is 0 Å². The summed E-state index contributed by atoms with van der Waals surface area (Å²) in [5, 5.41) is 3.25. The summed E-state index contributed by atoms with van der Waals surface area (Å²) < 4.78 is 90.2. The summed E-state index contributed by atoms with van der Waals surface area (Å²) in [6, 6.07) is 2.51. The second-order valence-corrected chi connectivity index (χ2v) is 5.98. The number of esters is 1. The summed E-state index contributed by atoms with van der Waals surface area (Å²) in [5.41, 5.74) is 7.29. The van der Waals surface area contributed by atoms with Gasteiger partial charge in [0, 0.05) is 4.91 Å². The molecule has 0 unspecified atom stereocenters. The molecule has 1 fully saturated rings. The molecule has 14 heteroatoms. The molecule has 3 rings (SSSR count). The standard InChI is InChI=1S/C17H8F6N4O4/c18-9-3-6(27-5-7(4-25-26-24)30-17(27)29)1-2-8(9)16(28)31-15-13(22)11(20)10(19)12(21)14(15)23/h1-3,7H,4-5H2/t7-/m1/s1. The van der Waals surface area contributed by atoms with Crippen molar-refractivity contribution in [1.82, 2.24) is 0 Å². The Bertz CT molecular complexity index is 1110. The Labute approximate surface area is 168 Å². The molecular formula is C17H8F6N4O4. The van der Waals surface area contributed by atoms with Crippen LogP contribution in [-0.4, -0.2) is 31.3 Å². The number of nitrogens with zero attached hydrogens (tertiary/aromatic N) is 4. The van der Waals surface area contributed by atoms with E-state index in [-0.39, 0.29) is 18.8 Å². The van der Waals surface area contributed by atoms with Gasteiger partial charge in [-0.2, -0.15) is 8.78 Å². The van der Waals surface area contributed by atoms with Crippen LogP contribution in [0.3, 0.4) is 0 Å². The number of rotatable bonds is 5. The van der Waals surface area contributed by atoms with Gasteiger partial charge in [0.2, 0.25) is 34.8 Å². The van der Waals surface area contributed by atoms with Gasteiger partial charge in [-0.05, 0) is 23.7 Å². The van der Waals surface area contributed by atoms with Crippen LogP contribution in [0.2, 0.25) is 0 Å². The molecule has 0 saturated carbocycles. The van der Waals surface area contributed by atoms with Crippen molar-refractivity contribution in [2.24, 2.45) is 5.11 Å². The molecular weight excluding hydrogens is 438 g/mol. The first-order chi connectivity index (χ1) is 14.6. The van der Waals surface area contributed by atoms with Crippen LogP contribution in [0, 0.1) is 34.9 Å². The second-order valence-electron chi connectivity index (χ2n) is 5.98. The number of anilines is 1. The quantitative estimate of drug-likeness (QED) is 0.0994. The van der Waals surface area contributed by atoms with Gasteiger partial charge in [0.1, 0.15) is 11.9 Å². The fourth-order valence-corrected chi connectivity index (χ4v) is 2.61. The van der Waals surface area contributed by atoms with Gasteiger partial charge in [0.15, 0.2) is 0 Å². The van der Waals surface area contributed by atoms with Crippen LogP contribution in [-0.2, 0) is 4.74 Å². The van der Waals surface area contributed by atoms with Gasteiger partial charge in [0.05, 0.1) is 24.3 Å². The van der Waals surface area contributed by atoms with Crippen molar-refractivity contribution in [2.75, 3.05) is 18.0 Å². The van der Waals surface area contributed by atoms with E-state index >= 15 is 0 Å². The lowest BCUT2D eigenvalue weighted by Crippen LogP contribution is -2.25. The molecule has 0 spiro atoms. The van der Waals surface area contributed by atoms with Gasteiger partial charge in [-0.3, -0.25) is 4.90 Å². The Morgan fingerprint density at radius 2 is 1.74 bits per heavy atom. The average Bonchev–Trinajstić information content (AvgIpc) is 3.12. The number of halogens is 6. The highest BCUT2D eigenvalue weighted by Crippen LogP contribution is 2.30. The number of ether oxygens (including phenoxy) is 2. The van der Waals surface area contributed by atoms with Gasteiger partial charge in [-0.1, -0.05) is 5.11 Å². The molecule has 0 aliphatic carbocycles. The van der Waals surface area contributed by atoms with E-state index in [0.717, 1.165) is 17.0 Å². The fourth-order valence-electron chi connectivity index (χ4n) is 2.61. The van der Waals surface area contributed by atoms with E-state index < -0.39 is 64.4 Å². The smallest absolute Gasteiger partial charge is 0.414 e. The Kier molecular flexibility index (Phi) is 5.92. The third-order valence-electron chi connectivity index (χ3n) is 4.07. The van der Waals surface area contributed by atoms with Gasteiger partial charge in [-0.25, -0.2) is 27.2 Å². The number of carbonyl (C=O) groups excluding carboxylic acids is 2. The predicted molar refractivity (Wildman–Crippen MR) is 89.2 cm³/mol. The Morgan fingerprint density at radius 3 is 2.32 bits per heavy atom. The van der Waals surface area contributed by atoms with Crippen LogP contribution in [0.1, 0.15) is 10.4 Å². The number of cyclic esters (lactones) is 1. The molecule has 31 heavy (non-hydrogen) atoms. The number of benzene rings is 2. The second kappa shape index (κ2) is 8.44. The molecule has 0 radical (unpaired) electrons. The molecule has 0 aromatic heterocycles. The minimum Gasteiger partial charge on any atom is -0.444 e. The lowest BCUT2D eigenvalue weighted by molar-refractivity contribution is 0.0711. The summed E-state index contributed by atoms with van der Waals surface area (Å²) in [5.74, 6) is -16.9. The average molecular weight is 446 g/mol. The summed E-state index contributed by atoms with van der Waals surface area (Å²) in [4.78, 5) is 27.4. The van der Waals surface area contributed by atoms with Crippen LogP contribution >= 0.6 is 0 Å². The van der Waals surface area contributed by atoms with E-state index in [0.29, 0.717) is 6.07 Å². The number of hydrogen-bond acceptors (Lipinski definition) is 5. The summed E-state index contributed by atoms with van der Waals surface area (Å²) in [6.45, 7) is -0.279. The Hall–Kier alpha value is -3.93. The maximum absolute atomic E-state index is 14.4. The highest BCUT2D eigenvalue weighted by Gasteiger charge is 2.33. The maximum atomic E-state index is 14.4. The molecule has 1 saturated heterocycles. The third-order valence-corrected chi connectivity index (χ3v) is 4.07. The van der Waals surface area contributed by atoms with Crippen molar-refractivity contribution in [3.05, 3.63) is 69.1 Å². The highest BCUT2D eigenvalue weighted by atomic mass is 19.2. The zero-order valence-electron chi connectivity index (χ0n) is 14.9. The zero-order valence-corrected chi connectivity index (χ0v) is 14.9. The highest BCUT2D eigenvalue weighted by molar-refractivity contribution is 5.94. The van der Waals surface area contributed by atoms with E-state index in [1.165, 1.54) is 0 Å². The topological polar surface area (TPSA) is 105 Å². The predicted octanol–water partition coefficient (Wildman–Crippen LogP) is 4.38. The van der Waals surface area contributed by atoms with Gasteiger partial charge in [-0.15, -0.1) is 0 Å². The van der Waals surface area contributed by atoms with Crippen LogP contribution in [0.5, 0.6) is 5.75 Å². The summed E-state index contributed by atoms with van der Waals surface area (Å²) in [7, 11) is 0. The van der Waals surface area contributed by atoms with Gasteiger partial charge >= 0.3 is 12.1 Å². The normalized spacial score (nSPS) is 15.5. The molecule has 2 aromatic carbocycles.